The molecule has 0 radical (unpaired) electrons. The summed E-state index contributed by atoms with van der Waals surface area (Å²) in [7, 11) is 0. The Morgan fingerprint density at radius 1 is 1.32 bits per heavy atom. The zero-order chi connectivity index (χ0) is 17.2. The first kappa shape index (κ1) is 20.0. The van der Waals surface area contributed by atoms with Crippen LogP contribution in [-0.2, 0) is 4.79 Å². The molecule has 1 saturated heterocycles. The number of rotatable bonds is 6. The molecular formula is C19H29ClN2O3. The van der Waals surface area contributed by atoms with Crippen LogP contribution in [0.25, 0.3) is 0 Å². The largest absolute Gasteiger partial charge is 0.491 e. The number of hydrogen-bond acceptors (Lipinski definition) is 4. The lowest BCUT2D eigenvalue weighted by atomic mass is 9.92. The number of hydrogen-bond donors (Lipinski definition) is 3. The molecule has 1 aliphatic carbocycles. The molecule has 1 aliphatic heterocycles. The second-order valence-corrected chi connectivity index (χ2v) is 7.37. The van der Waals surface area contributed by atoms with Gasteiger partial charge in [0, 0.05) is 12.5 Å². The van der Waals surface area contributed by atoms with Crippen molar-refractivity contribution in [3.63, 3.8) is 0 Å². The van der Waals surface area contributed by atoms with Crippen LogP contribution in [0.15, 0.2) is 24.3 Å². The van der Waals surface area contributed by atoms with Gasteiger partial charge in [-0.15, -0.1) is 12.4 Å². The molecule has 2 fully saturated rings. The summed E-state index contributed by atoms with van der Waals surface area (Å²) in [6.45, 7) is 6.24. The number of halogens is 1. The Bertz CT molecular complexity index is 571. The van der Waals surface area contributed by atoms with Gasteiger partial charge in [-0.05, 0) is 69.3 Å². The van der Waals surface area contributed by atoms with E-state index in [0.29, 0.717) is 0 Å². The van der Waals surface area contributed by atoms with Gasteiger partial charge >= 0.3 is 0 Å². The molecular weight excluding hydrogens is 340 g/mol. The summed E-state index contributed by atoms with van der Waals surface area (Å²) in [5.74, 6) is 1.01. The first-order valence-corrected chi connectivity index (χ1v) is 8.93. The topological polar surface area (TPSA) is 70.6 Å². The maximum absolute atomic E-state index is 12.3. The summed E-state index contributed by atoms with van der Waals surface area (Å²) in [6, 6.07) is 7.40. The monoisotopic (exact) mass is 368 g/mol. The summed E-state index contributed by atoms with van der Waals surface area (Å²) in [4.78, 5) is 12.3. The van der Waals surface area contributed by atoms with Gasteiger partial charge in [-0.3, -0.25) is 4.79 Å². The van der Waals surface area contributed by atoms with E-state index in [1.807, 2.05) is 38.1 Å². The van der Waals surface area contributed by atoms with Gasteiger partial charge < -0.3 is 20.5 Å². The fraction of sp³-hybridized carbons (Fsp3) is 0.632. The number of piperidine rings is 1. The lowest BCUT2D eigenvalue weighted by Gasteiger charge is -2.23. The van der Waals surface area contributed by atoms with Gasteiger partial charge in [0.25, 0.3) is 0 Å². The quantitative estimate of drug-likeness (QED) is 0.721. The third-order valence-electron chi connectivity index (χ3n) is 5.21. The number of amides is 1. The molecule has 5 nitrogen and oxygen atoms in total. The van der Waals surface area contributed by atoms with E-state index in [9.17, 15) is 9.90 Å². The number of aliphatic hydroxyl groups excluding tert-OH is 1. The van der Waals surface area contributed by atoms with Crippen molar-refractivity contribution in [1.82, 2.24) is 10.6 Å². The van der Waals surface area contributed by atoms with Gasteiger partial charge in [0.05, 0.1) is 12.2 Å². The van der Waals surface area contributed by atoms with E-state index in [1.165, 1.54) is 0 Å². The maximum Gasteiger partial charge on any atom is 0.223 e. The third kappa shape index (κ3) is 4.87. The van der Waals surface area contributed by atoms with E-state index >= 15 is 0 Å². The molecule has 3 N–H and O–H groups in total. The minimum Gasteiger partial charge on any atom is -0.491 e. The van der Waals surface area contributed by atoms with Crippen molar-refractivity contribution in [2.75, 3.05) is 19.6 Å². The molecule has 1 saturated carbocycles. The van der Waals surface area contributed by atoms with Crippen LogP contribution in [0.5, 0.6) is 5.75 Å². The van der Waals surface area contributed by atoms with Gasteiger partial charge in [-0.2, -0.15) is 0 Å². The Morgan fingerprint density at radius 3 is 2.56 bits per heavy atom. The number of carbonyl (C=O) groups excluding carboxylic acids is 1. The molecule has 3 rings (SSSR count). The summed E-state index contributed by atoms with van der Waals surface area (Å²) >= 11 is 0. The highest BCUT2D eigenvalue weighted by Gasteiger charge is 2.57. The van der Waals surface area contributed by atoms with Gasteiger partial charge in [-0.1, -0.05) is 12.1 Å². The SMILES string of the molecule is CC(C)Oc1ccc(C(O)CNC(=O)C2CC23CCNCC3)cc1.Cl. The van der Waals surface area contributed by atoms with Crippen LogP contribution >= 0.6 is 12.4 Å². The number of ether oxygens (including phenoxy) is 1. The van der Waals surface area contributed by atoms with E-state index in [-0.39, 0.29) is 42.3 Å². The van der Waals surface area contributed by atoms with E-state index < -0.39 is 6.10 Å². The lowest BCUT2D eigenvalue weighted by Crippen LogP contribution is -2.35. The highest BCUT2D eigenvalue weighted by atomic mass is 35.5. The van der Waals surface area contributed by atoms with Crippen molar-refractivity contribution in [3.8, 4) is 5.75 Å². The molecule has 1 spiro atoms. The second kappa shape index (κ2) is 8.39. The first-order chi connectivity index (χ1) is 11.5. The summed E-state index contributed by atoms with van der Waals surface area (Å²) < 4.78 is 5.59. The molecule has 2 unspecified atom stereocenters. The zero-order valence-electron chi connectivity index (χ0n) is 15.0. The molecule has 25 heavy (non-hydrogen) atoms. The van der Waals surface area contributed by atoms with Crippen LogP contribution in [0.2, 0.25) is 0 Å². The van der Waals surface area contributed by atoms with Crippen LogP contribution in [0.3, 0.4) is 0 Å². The Morgan fingerprint density at radius 2 is 1.96 bits per heavy atom. The van der Waals surface area contributed by atoms with Crippen molar-refractivity contribution in [2.45, 2.75) is 45.3 Å². The van der Waals surface area contributed by atoms with Crippen LogP contribution in [0, 0.1) is 11.3 Å². The first-order valence-electron chi connectivity index (χ1n) is 8.93. The normalized spacial score (nSPS) is 22.2. The number of carbonyl (C=O) groups is 1. The molecule has 1 heterocycles. The number of nitrogens with one attached hydrogen (secondary N) is 2. The van der Waals surface area contributed by atoms with Crippen molar-refractivity contribution in [2.24, 2.45) is 11.3 Å². The summed E-state index contributed by atoms with van der Waals surface area (Å²) in [5, 5.41) is 16.5. The molecule has 1 amide bonds. The van der Waals surface area contributed by atoms with Crippen LogP contribution in [0.1, 0.15) is 44.8 Å². The Hall–Kier alpha value is -1.30. The standard InChI is InChI=1S/C19H28N2O3.ClH/c1-13(2)24-15-5-3-14(4-6-15)17(22)12-21-18(23)16-11-19(16)7-9-20-10-8-19;/h3-6,13,16-17,20,22H,7-12H2,1-2H3,(H,21,23);1H. The predicted octanol–water partition coefficient (Wildman–Crippen LogP) is 2.43. The van der Waals surface area contributed by atoms with E-state index in [0.717, 1.165) is 43.7 Å². The fourth-order valence-electron chi connectivity index (χ4n) is 3.67. The molecule has 1 aromatic rings. The zero-order valence-corrected chi connectivity index (χ0v) is 15.8. The van der Waals surface area contributed by atoms with Gasteiger partial charge in [0.15, 0.2) is 0 Å². The highest BCUT2D eigenvalue weighted by molar-refractivity contribution is 5.85. The van der Waals surface area contributed by atoms with Crippen LogP contribution < -0.4 is 15.4 Å². The van der Waals surface area contributed by atoms with E-state index in [1.54, 1.807) is 0 Å². The minimum atomic E-state index is -0.690. The Balaban J connectivity index is 0.00000225. The molecule has 0 bridgehead atoms. The average Bonchev–Trinajstić information content (AvgIpc) is 3.26. The van der Waals surface area contributed by atoms with E-state index in [4.69, 9.17) is 4.74 Å². The fourth-order valence-corrected chi connectivity index (χ4v) is 3.67. The van der Waals surface area contributed by atoms with Crippen molar-refractivity contribution in [3.05, 3.63) is 29.8 Å². The van der Waals surface area contributed by atoms with Crippen LogP contribution in [0.4, 0.5) is 0 Å². The second-order valence-electron chi connectivity index (χ2n) is 7.37. The van der Waals surface area contributed by atoms with Crippen molar-refractivity contribution < 1.29 is 14.6 Å². The number of benzene rings is 1. The lowest BCUT2D eigenvalue weighted by molar-refractivity contribution is -0.123. The average molecular weight is 369 g/mol. The minimum absolute atomic E-state index is 0. The Kier molecular flexibility index (Phi) is 6.72. The molecule has 2 atom stereocenters. The van der Waals surface area contributed by atoms with Gasteiger partial charge in [0.2, 0.25) is 5.91 Å². The highest BCUT2D eigenvalue weighted by Crippen LogP contribution is 2.58. The van der Waals surface area contributed by atoms with E-state index in [2.05, 4.69) is 10.6 Å². The predicted molar refractivity (Wildman–Crippen MR) is 100 cm³/mol. The Labute approximate surface area is 155 Å². The molecule has 2 aliphatic rings. The van der Waals surface area contributed by atoms with Crippen molar-refractivity contribution >= 4 is 18.3 Å². The van der Waals surface area contributed by atoms with Crippen LogP contribution in [-0.4, -0.2) is 36.8 Å². The summed E-state index contributed by atoms with van der Waals surface area (Å²) in [5.41, 5.74) is 1.02. The van der Waals surface area contributed by atoms with Crippen molar-refractivity contribution in [1.29, 1.82) is 0 Å². The summed E-state index contributed by atoms with van der Waals surface area (Å²) in [6.07, 6.45) is 2.61. The third-order valence-corrected chi connectivity index (χ3v) is 5.21. The molecule has 1 aromatic carbocycles. The van der Waals surface area contributed by atoms with Gasteiger partial charge in [0.1, 0.15) is 5.75 Å². The smallest absolute Gasteiger partial charge is 0.223 e. The van der Waals surface area contributed by atoms with Gasteiger partial charge in [-0.25, -0.2) is 0 Å². The maximum atomic E-state index is 12.3. The molecule has 6 heteroatoms. The molecule has 140 valence electrons. The molecule has 0 aromatic heterocycles. The number of aliphatic hydroxyl groups is 1.